The maximum Gasteiger partial charge on any atom is 0.255 e. The first-order valence-electron chi connectivity index (χ1n) is 7.38. The minimum Gasteiger partial charge on any atom is -0.348 e. The molecule has 1 fully saturated rings. The topological polar surface area (TPSA) is 93.9 Å². The van der Waals surface area contributed by atoms with Gasteiger partial charge in [-0.3, -0.25) is 14.5 Å². The lowest BCUT2D eigenvalue weighted by Gasteiger charge is -2.11. The molecule has 0 aromatic carbocycles. The van der Waals surface area contributed by atoms with Gasteiger partial charge in [-0.15, -0.1) is 0 Å². The number of nitrogens with one attached hydrogen (secondary N) is 1. The van der Waals surface area contributed by atoms with Crippen LogP contribution in [0.5, 0.6) is 0 Å². The average molecular weight is 334 g/mol. The number of pyridine rings is 1. The second-order valence-electron chi connectivity index (χ2n) is 5.69. The number of nitrogens with zero attached hydrogens (tertiary/aromatic N) is 3. The van der Waals surface area contributed by atoms with Crippen molar-refractivity contribution in [1.82, 2.24) is 20.1 Å². The smallest absolute Gasteiger partial charge is 0.255 e. The molecular formula is C15H18N4O3S. The zero-order valence-corrected chi connectivity index (χ0v) is 13.6. The molecule has 1 aliphatic heterocycles. The molecule has 3 rings (SSSR count). The van der Waals surface area contributed by atoms with Crippen molar-refractivity contribution in [1.29, 1.82) is 0 Å². The Labute approximate surface area is 134 Å². The first-order chi connectivity index (χ1) is 11.0. The van der Waals surface area contributed by atoms with E-state index in [4.69, 9.17) is 0 Å². The molecule has 0 bridgehead atoms. The SMILES string of the molecule is Cc1c(C(=O)NCc2cccnc2)cnn1[C@H]1CCS(=O)(=O)C1. The van der Waals surface area contributed by atoms with Gasteiger partial charge in [0.15, 0.2) is 9.84 Å². The van der Waals surface area contributed by atoms with Crippen LogP contribution >= 0.6 is 0 Å². The fraction of sp³-hybridized carbons (Fsp3) is 0.400. The van der Waals surface area contributed by atoms with E-state index < -0.39 is 9.84 Å². The first kappa shape index (κ1) is 15.7. The van der Waals surface area contributed by atoms with Gasteiger partial charge in [0, 0.05) is 24.6 Å². The third-order valence-electron chi connectivity index (χ3n) is 4.02. The van der Waals surface area contributed by atoms with Crippen molar-refractivity contribution in [2.24, 2.45) is 0 Å². The van der Waals surface area contributed by atoms with E-state index in [1.165, 1.54) is 6.20 Å². The maximum absolute atomic E-state index is 12.3. The van der Waals surface area contributed by atoms with Gasteiger partial charge in [-0.1, -0.05) is 6.07 Å². The van der Waals surface area contributed by atoms with E-state index in [1.54, 1.807) is 24.0 Å². The molecule has 0 spiro atoms. The van der Waals surface area contributed by atoms with Crippen LogP contribution in [-0.2, 0) is 16.4 Å². The van der Waals surface area contributed by atoms with Crippen molar-refractivity contribution in [3.8, 4) is 0 Å². The van der Waals surface area contributed by atoms with Crippen LogP contribution in [0, 0.1) is 6.92 Å². The van der Waals surface area contributed by atoms with Crippen LogP contribution in [0.25, 0.3) is 0 Å². The van der Waals surface area contributed by atoms with Gasteiger partial charge in [0.1, 0.15) is 0 Å². The molecule has 0 saturated carbocycles. The average Bonchev–Trinajstić information content (AvgIpc) is 3.08. The number of sulfone groups is 1. The largest absolute Gasteiger partial charge is 0.348 e. The van der Waals surface area contributed by atoms with E-state index in [9.17, 15) is 13.2 Å². The highest BCUT2D eigenvalue weighted by molar-refractivity contribution is 7.91. The molecule has 2 aromatic heterocycles. The van der Waals surface area contributed by atoms with E-state index in [0.29, 0.717) is 24.2 Å². The van der Waals surface area contributed by atoms with Gasteiger partial charge in [0.05, 0.1) is 29.3 Å². The lowest BCUT2D eigenvalue weighted by atomic mass is 10.2. The van der Waals surface area contributed by atoms with Crippen LogP contribution in [-0.4, -0.2) is 40.6 Å². The van der Waals surface area contributed by atoms with Crippen LogP contribution in [0.4, 0.5) is 0 Å². The Hall–Kier alpha value is -2.22. The summed E-state index contributed by atoms with van der Waals surface area (Å²) in [6.45, 7) is 2.17. The van der Waals surface area contributed by atoms with E-state index >= 15 is 0 Å². The van der Waals surface area contributed by atoms with E-state index in [0.717, 1.165) is 5.56 Å². The number of hydrogen-bond donors (Lipinski definition) is 1. The number of carbonyl (C=O) groups excluding carboxylic acids is 1. The number of rotatable bonds is 4. The zero-order chi connectivity index (χ0) is 16.4. The van der Waals surface area contributed by atoms with Crippen molar-refractivity contribution < 1.29 is 13.2 Å². The second-order valence-corrected chi connectivity index (χ2v) is 7.92. The Balaban J connectivity index is 1.70. The molecule has 1 aliphatic rings. The number of carbonyl (C=O) groups is 1. The number of hydrogen-bond acceptors (Lipinski definition) is 5. The summed E-state index contributed by atoms with van der Waals surface area (Å²) < 4.78 is 24.9. The Morgan fingerprint density at radius 3 is 2.91 bits per heavy atom. The van der Waals surface area contributed by atoms with Crippen LogP contribution in [0.2, 0.25) is 0 Å². The van der Waals surface area contributed by atoms with Crippen molar-refractivity contribution in [2.45, 2.75) is 25.9 Å². The summed E-state index contributed by atoms with van der Waals surface area (Å²) in [4.78, 5) is 16.3. The minimum absolute atomic E-state index is 0.0895. The van der Waals surface area contributed by atoms with Gasteiger partial charge in [-0.2, -0.15) is 5.10 Å². The summed E-state index contributed by atoms with van der Waals surface area (Å²) in [7, 11) is -2.99. The molecule has 122 valence electrons. The monoisotopic (exact) mass is 334 g/mol. The molecule has 0 aliphatic carbocycles. The second kappa shape index (κ2) is 6.11. The summed E-state index contributed by atoms with van der Waals surface area (Å²) in [6.07, 6.45) is 5.41. The summed E-state index contributed by atoms with van der Waals surface area (Å²) in [5, 5.41) is 7.04. The van der Waals surface area contributed by atoms with Gasteiger partial charge in [-0.05, 0) is 25.0 Å². The molecule has 2 aromatic rings. The maximum atomic E-state index is 12.3. The standard InChI is InChI=1S/C15H18N4O3S/c1-11-14(15(20)17-8-12-3-2-5-16-7-12)9-18-19(11)13-4-6-23(21,22)10-13/h2-3,5,7,9,13H,4,6,8,10H2,1H3,(H,17,20)/t13-/m0/s1. The molecule has 1 atom stereocenters. The van der Waals surface area contributed by atoms with Gasteiger partial charge in [0.2, 0.25) is 0 Å². The fourth-order valence-corrected chi connectivity index (χ4v) is 4.45. The summed E-state index contributed by atoms with van der Waals surface area (Å²) >= 11 is 0. The summed E-state index contributed by atoms with van der Waals surface area (Å²) in [5.74, 6) is 0.0460. The van der Waals surface area contributed by atoms with Gasteiger partial charge in [0.25, 0.3) is 5.91 Å². The van der Waals surface area contributed by atoms with Gasteiger partial charge in [-0.25, -0.2) is 8.42 Å². The molecule has 0 unspecified atom stereocenters. The molecule has 7 nitrogen and oxygen atoms in total. The Kier molecular flexibility index (Phi) is 4.16. The van der Waals surface area contributed by atoms with E-state index in [2.05, 4.69) is 15.4 Å². The first-order valence-corrected chi connectivity index (χ1v) is 9.20. The quantitative estimate of drug-likeness (QED) is 0.895. The fourth-order valence-electron chi connectivity index (χ4n) is 2.76. The molecule has 8 heteroatoms. The molecule has 3 heterocycles. The Bertz CT molecular complexity index is 815. The van der Waals surface area contributed by atoms with Crippen LogP contribution in [0.1, 0.15) is 34.1 Å². The van der Waals surface area contributed by atoms with Crippen LogP contribution < -0.4 is 5.32 Å². The predicted octanol–water partition coefficient (Wildman–Crippen LogP) is 0.876. The van der Waals surface area contributed by atoms with Gasteiger partial charge < -0.3 is 5.32 Å². The normalized spacial score (nSPS) is 19.6. The molecule has 23 heavy (non-hydrogen) atoms. The number of aromatic nitrogens is 3. The highest BCUT2D eigenvalue weighted by Crippen LogP contribution is 2.25. The highest BCUT2D eigenvalue weighted by atomic mass is 32.2. The Morgan fingerprint density at radius 1 is 1.43 bits per heavy atom. The molecule has 1 saturated heterocycles. The predicted molar refractivity (Wildman–Crippen MR) is 84.7 cm³/mol. The van der Waals surface area contributed by atoms with Gasteiger partial charge >= 0.3 is 0 Å². The van der Waals surface area contributed by atoms with Crippen molar-refractivity contribution in [3.05, 3.63) is 47.5 Å². The highest BCUT2D eigenvalue weighted by Gasteiger charge is 2.31. The molecular weight excluding hydrogens is 316 g/mol. The zero-order valence-electron chi connectivity index (χ0n) is 12.8. The molecule has 1 amide bonds. The Morgan fingerprint density at radius 2 is 2.26 bits per heavy atom. The lowest BCUT2D eigenvalue weighted by molar-refractivity contribution is 0.0950. The minimum atomic E-state index is -2.99. The van der Waals surface area contributed by atoms with Crippen molar-refractivity contribution in [3.63, 3.8) is 0 Å². The number of amides is 1. The molecule has 0 radical (unpaired) electrons. The van der Waals surface area contributed by atoms with E-state index in [1.807, 2.05) is 12.1 Å². The van der Waals surface area contributed by atoms with Crippen molar-refractivity contribution in [2.75, 3.05) is 11.5 Å². The lowest BCUT2D eigenvalue weighted by Crippen LogP contribution is -2.23. The van der Waals surface area contributed by atoms with Crippen molar-refractivity contribution >= 4 is 15.7 Å². The molecule has 1 N–H and O–H groups in total. The summed E-state index contributed by atoms with van der Waals surface area (Å²) in [6, 6.07) is 3.51. The van der Waals surface area contributed by atoms with Crippen LogP contribution in [0.15, 0.2) is 30.7 Å². The third-order valence-corrected chi connectivity index (χ3v) is 5.77. The van der Waals surface area contributed by atoms with Crippen LogP contribution in [0.3, 0.4) is 0 Å². The van der Waals surface area contributed by atoms with E-state index in [-0.39, 0.29) is 23.5 Å². The summed E-state index contributed by atoms with van der Waals surface area (Å²) in [5.41, 5.74) is 2.07. The third kappa shape index (κ3) is 3.42.